The second-order valence-corrected chi connectivity index (χ2v) is 10.1. The number of nitrogens with two attached hydrogens (primary N) is 1. The Morgan fingerprint density at radius 2 is 1.76 bits per heavy atom. The number of thioether (sulfide) groups is 1. The van der Waals surface area contributed by atoms with Crippen molar-refractivity contribution < 1.29 is 0 Å². The second-order valence-electron chi connectivity index (χ2n) is 8.53. The molecule has 2 atom stereocenters. The molecule has 0 spiro atoms. The minimum atomic E-state index is -0.727. The predicted octanol–water partition coefficient (Wildman–Crippen LogP) is 6.29. The van der Waals surface area contributed by atoms with E-state index in [1.807, 2.05) is 78.9 Å². The van der Waals surface area contributed by atoms with Gasteiger partial charge in [-0.05, 0) is 48.5 Å². The van der Waals surface area contributed by atoms with E-state index in [0.29, 0.717) is 11.3 Å². The van der Waals surface area contributed by atoms with Gasteiger partial charge in [0, 0.05) is 44.9 Å². The van der Waals surface area contributed by atoms with E-state index in [2.05, 4.69) is 34.1 Å². The van der Waals surface area contributed by atoms with Gasteiger partial charge in [0.1, 0.15) is 18.2 Å². The number of hydrazone groups is 1. The Hall–Kier alpha value is -4.01. The van der Waals surface area contributed by atoms with Crippen LogP contribution in [-0.4, -0.2) is 22.2 Å². The number of hydrogen-bond acceptors (Lipinski definition) is 6. The van der Waals surface area contributed by atoms with Gasteiger partial charge < -0.3 is 10.3 Å². The van der Waals surface area contributed by atoms with Crippen molar-refractivity contribution in [2.24, 2.45) is 16.8 Å². The van der Waals surface area contributed by atoms with Crippen molar-refractivity contribution in [2.75, 3.05) is 10.8 Å². The molecule has 3 aromatic carbocycles. The number of aromatic nitrogens is 1. The fraction of sp³-hybridized carbons (Fsp3) is 0.138. The van der Waals surface area contributed by atoms with Gasteiger partial charge in [-0.25, -0.2) is 5.01 Å². The molecule has 4 aromatic rings. The maximum atomic E-state index is 10.1. The van der Waals surface area contributed by atoms with Crippen LogP contribution in [0.4, 0.5) is 5.69 Å². The lowest BCUT2D eigenvalue weighted by atomic mass is 9.95. The van der Waals surface area contributed by atoms with E-state index in [9.17, 15) is 10.5 Å². The Morgan fingerprint density at radius 1 is 1.03 bits per heavy atom. The average Bonchev–Trinajstić information content (AvgIpc) is 3.45. The minimum absolute atomic E-state index is 0.332. The standard InChI is InChI=1S/C29H23ClN6S/c30-22-10-12-24(13-11-22)37-15-14-35-19-21(25-8-4-5-9-27(25)35)16-20(17-31)28-26(18-32)29(33)36(34-28)23-6-2-1-3-7-23/h1-13,16,19,26,29H,14-15,33H2/b20-16-/t26-,29-/m1/s1. The van der Waals surface area contributed by atoms with Crippen LogP contribution in [0.15, 0.2) is 101 Å². The molecule has 182 valence electrons. The van der Waals surface area contributed by atoms with Crippen molar-refractivity contribution in [2.45, 2.75) is 17.6 Å². The number of aryl methyl sites for hydroxylation is 1. The fourth-order valence-corrected chi connectivity index (χ4v) is 5.38. The smallest absolute Gasteiger partial charge is 0.127 e. The second kappa shape index (κ2) is 10.9. The van der Waals surface area contributed by atoms with E-state index in [0.717, 1.165) is 44.4 Å². The van der Waals surface area contributed by atoms with Gasteiger partial charge in [-0.15, -0.1) is 11.8 Å². The summed E-state index contributed by atoms with van der Waals surface area (Å²) in [7, 11) is 0. The number of halogens is 1. The molecule has 5 rings (SSSR count). The first kappa shape index (κ1) is 24.7. The largest absolute Gasteiger partial charge is 0.346 e. The zero-order valence-electron chi connectivity index (χ0n) is 19.8. The summed E-state index contributed by atoms with van der Waals surface area (Å²) < 4.78 is 2.19. The van der Waals surface area contributed by atoms with Crippen LogP contribution in [-0.2, 0) is 6.54 Å². The van der Waals surface area contributed by atoms with Gasteiger partial charge in [0.2, 0.25) is 0 Å². The molecule has 0 saturated carbocycles. The minimum Gasteiger partial charge on any atom is -0.346 e. The lowest BCUT2D eigenvalue weighted by Crippen LogP contribution is -2.40. The third-order valence-corrected chi connectivity index (χ3v) is 7.47. The molecular weight excluding hydrogens is 500 g/mol. The quantitative estimate of drug-likeness (QED) is 0.227. The van der Waals surface area contributed by atoms with Crippen molar-refractivity contribution in [1.29, 1.82) is 10.5 Å². The van der Waals surface area contributed by atoms with E-state index < -0.39 is 12.1 Å². The maximum Gasteiger partial charge on any atom is 0.127 e. The summed E-state index contributed by atoms with van der Waals surface area (Å²) in [5.74, 6) is 0.147. The lowest BCUT2D eigenvalue weighted by Gasteiger charge is -2.21. The van der Waals surface area contributed by atoms with Crippen LogP contribution in [0, 0.1) is 28.6 Å². The fourth-order valence-electron chi connectivity index (χ4n) is 4.40. The zero-order valence-corrected chi connectivity index (χ0v) is 21.4. The molecule has 2 heterocycles. The molecule has 1 aromatic heterocycles. The van der Waals surface area contributed by atoms with Crippen LogP contribution in [0.2, 0.25) is 5.02 Å². The van der Waals surface area contributed by atoms with Gasteiger partial charge in [-0.2, -0.15) is 15.6 Å². The third kappa shape index (κ3) is 5.12. The number of nitrogens with zero attached hydrogens (tertiary/aromatic N) is 5. The van der Waals surface area contributed by atoms with E-state index in [1.165, 1.54) is 0 Å². The molecule has 0 amide bonds. The molecule has 1 aliphatic heterocycles. The van der Waals surface area contributed by atoms with Crippen molar-refractivity contribution in [3.8, 4) is 12.1 Å². The highest BCUT2D eigenvalue weighted by molar-refractivity contribution is 7.99. The number of fused-ring (bicyclic) bond motifs is 1. The van der Waals surface area contributed by atoms with Crippen LogP contribution >= 0.6 is 23.4 Å². The van der Waals surface area contributed by atoms with Gasteiger partial charge >= 0.3 is 0 Å². The summed E-state index contributed by atoms with van der Waals surface area (Å²) >= 11 is 7.76. The van der Waals surface area contributed by atoms with E-state index >= 15 is 0 Å². The number of nitriles is 2. The molecule has 0 bridgehead atoms. The van der Waals surface area contributed by atoms with E-state index in [4.69, 9.17) is 17.3 Å². The normalized spacial score (nSPS) is 17.5. The highest BCUT2D eigenvalue weighted by atomic mass is 35.5. The first-order valence-corrected chi connectivity index (χ1v) is 13.1. The number of para-hydroxylation sites is 2. The first-order valence-electron chi connectivity index (χ1n) is 11.8. The summed E-state index contributed by atoms with van der Waals surface area (Å²) in [5, 5.41) is 28.0. The summed E-state index contributed by atoms with van der Waals surface area (Å²) in [6, 6.07) is 29.9. The molecule has 6 nitrogen and oxygen atoms in total. The highest BCUT2D eigenvalue weighted by Crippen LogP contribution is 2.31. The van der Waals surface area contributed by atoms with Crippen LogP contribution in [0.1, 0.15) is 5.56 Å². The number of rotatable bonds is 7. The molecule has 2 N–H and O–H groups in total. The van der Waals surface area contributed by atoms with Crippen molar-refractivity contribution in [3.05, 3.63) is 101 Å². The van der Waals surface area contributed by atoms with Gasteiger partial charge in [-0.1, -0.05) is 48.0 Å². The Labute approximate surface area is 224 Å². The molecule has 1 aliphatic rings. The molecule has 0 saturated heterocycles. The van der Waals surface area contributed by atoms with E-state index in [-0.39, 0.29) is 0 Å². The summed E-state index contributed by atoms with van der Waals surface area (Å²) in [6.07, 6.45) is 3.19. The number of allylic oxidation sites excluding steroid dienone is 1. The molecule has 37 heavy (non-hydrogen) atoms. The topological polar surface area (TPSA) is 94.1 Å². The first-order chi connectivity index (χ1) is 18.1. The van der Waals surface area contributed by atoms with Crippen molar-refractivity contribution >= 4 is 51.7 Å². The Kier molecular flexibility index (Phi) is 7.30. The van der Waals surface area contributed by atoms with Crippen LogP contribution in [0.3, 0.4) is 0 Å². The molecule has 8 heteroatoms. The predicted molar refractivity (Wildman–Crippen MR) is 151 cm³/mol. The van der Waals surface area contributed by atoms with Crippen LogP contribution in [0.25, 0.3) is 17.0 Å². The number of anilines is 1. The van der Waals surface area contributed by atoms with Gasteiger partial charge in [0.25, 0.3) is 0 Å². The maximum absolute atomic E-state index is 10.1. The molecular formula is C29H23ClN6S. The van der Waals surface area contributed by atoms with Gasteiger partial charge in [0.05, 0.1) is 23.0 Å². The zero-order chi connectivity index (χ0) is 25.8. The Bertz CT molecular complexity index is 1560. The molecule has 0 unspecified atom stereocenters. The summed E-state index contributed by atoms with van der Waals surface area (Å²) in [5.41, 5.74) is 9.86. The Morgan fingerprint density at radius 3 is 2.49 bits per heavy atom. The van der Waals surface area contributed by atoms with Crippen LogP contribution in [0.5, 0.6) is 0 Å². The number of hydrogen-bond donors (Lipinski definition) is 1. The molecule has 0 aliphatic carbocycles. The molecule has 0 radical (unpaired) electrons. The Balaban J connectivity index is 1.45. The van der Waals surface area contributed by atoms with Crippen LogP contribution < -0.4 is 10.7 Å². The molecule has 0 fully saturated rings. The highest BCUT2D eigenvalue weighted by Gasteiger charge is 2.37. The number of benzene rings is 3. The monoisotopic (exact) mass is 522 g/mol. The lowest BCUT2D eigenvalue weighted by molar-refractivity contribution is 0.624. The summed E-state index contributed by atoms with van der Waals surface area (Å²) in [4.78, 5) is 1.16. The average molecular weight is 523 g/mol. The summed E-state index contributed by atoms with van der Waals surface area (Å²) in [6.45, 7) is 0.790. The van der Waals surface area contributed by atoms with Crippen molar-refractivity contribution in [3.63, 3.8) is 0 Å². The van der Waals surface area contributed by atoms with Gasteiger partial charge in [0.15, 0.2) is 0 Å². The van der Waals surface area contributed by atoms with Crippen molar-refractivity contribution in [1.82, 2.24) is 4.57 Å². The third-order valence-electron chi connectivity index (χ3n) is 6.22. The van der Waals surface area contributed by atoms with Gasteiger partial charge in [-0.3, -0.25) is 0 Å². The SMILES string of the molecule is N#C/C(=C/c1cn(CCSc2ccc(Cl)cc2)c2ccccc12)C1=NN(c2ccccc2)[C@@H](N)[C@@H]1C#N. The van der Waals surface area contributed by atoms with E-state index in [1.54, 1.807) is 16.8 Å².